The maximum Gasteiger partial charge on any atom is 0.417 e. The third-order valence-corrected chi connectivity index (χ3v) is 23.1. The van der Waals surface area contributed by atoms with Crippen molar-refractivity contribution >= 4 is 64.3 Å². The molecular weight excluding hydrogens is 1440 g/mol. The summed E-state index contributed by atoms with van der Waals surface area (Å²) in [5.74, 6) is -0.970. The second kappa shape index (κ2) is 28.6. The number of anilines is 4. The van der Waals surface area contributed by atoms with Crippen molar-refractivity contribution < 1.29 is 81.8 Å². The van der Waals surface area contributed by atoms with Crippen LogP contribution in [0.15, 0.2) is 79.6 Å². The number of carbonyl (C=O) groups excluding carboxylic acids is 5. The Morgan fingerprint density at radius 3 is 1.35 bits per heavy atom. The number of nitrogens with zero attached hydrogens (tertiary/aromatic N) is 16. The van der Waals surface area contributed by atoms with Crippen molar-refractivity contribution in [1.82, 2.24) is 58.7 Å². The van der Waals surface area contributed by atoms with Crippen LogP contribution < -0.4 is 19.6 Å². The molecule has 3 spiro atoms. The largest absolute Gasteiger partial charge is 0.417 e. The average Bonchev–Trinajstić information content (AvgIpc) is 0.802. The van der Waals surface area contributed by atoms with E-state index in [0.717, 1.165) is 44.1 Å². The Morgan fingerprint density at radius 1 is 0.491 bits per heavy atom. The number of likely N-dealkylation sites (tertiary alicyclic amines) is 6. The molecule has 572 valence electrons. The number of hydrogen-bond donors (Lipinski definition) is 1. The third-order valence-electron chi connectivity index (χ3n) is 22.7. The number of benzene rings is 3. The van der Waals surface area contributed by atoms with Gasteiger partial charge in [-0.25, -0.2) is 14.4 Å². The first-order valence-corrected chi connectivity index (χ1v) is 35.5. The zero-order valence-electron chi connectivity index (χ0n) is 58.7. The number of carbonyl (C=O) groups is 5. The lowest BCUT2D eigenvalue weighted by atomic mass is 9.86. The van der Waals surface area contributed by atoms with Crippen LogP contribution in [0.25, 0.3) is 0 Å². The third kappa shape index (κ3) is 15.8. The van der Waals surface area contributed by atoms with Crippen molar-refractivity contribution in [3.8, 4) is 0 Å². The zero-order valence-corrected chi connectivity index (χ0v) is 59.5. The highest BCUT2D eigenvalue weighted by Crippen LogP contribution is 2.48. The number of amides is 5. The molecular formula is C71H81ClF12N16O6. The summed E-state index contributed by atoms with van der Waals surface area (Å²) >= 11 is 6.29. The molecule has 3 aromatic heterocycles. The van der Waals surface area contributed by atoms with E-state index >= 15 is 26.3 Å². The molecule has 7 fully saturated rings. The van der Waals surface area contributed by atoms with Crippen LogP contribution in [0.4, 0.5) is 89.8 Å². The van der Waals surface area contributed by atoms with Gasteiger partial charge in [0.25, 0.3) is 0 Å². The van der Waals surface area contributed by atoms with Crippen molar-refractivity contribution in [1.29, 1.82) is 0 Å². The second-order valence-electron chi connectivity index (χ2n) is 30.0. The molecule has 4 atom stereocenters. The van der Waals surface area contributed by atoms with E-state index in [1.807, 2.05) is 14.7 Å². The minimum atomic E-state index is -5.21. The molecule has 0 radical (unpaired) electrons. The quantitative estimate of drug-likeness (QED) is 0.0754. The Kier molecular flexibility index (Phi) is 20.4. The van der Waals surface area contributed by atoms with Gasteiger partial charge in [-0.2, -0.15) is 82.0 Å². The molecule has 0 bridgehead atoms. The molecule has 6 aromatic rings. The lowest BCUT2D eigenvalue weighted by Crippen LogP contribution is -2.37. The highest BCUT2D eigenvalue weighted by Gasteiger charge is 2.50. The fourth-order valence-electron chi connectivity index (χ4n) is 16.8. The number of alkyl halides is 12. The Labute approximate surface area is 607 Å². The predicted octanol–water partition coefficient (Wildman–Crippen LogP) is 11.5. The minimum Gasteiger partial charge on any atom is -0.373 e. The SMILES string of the molecule is CC(=O)N(C)c1cnn(C(=O)N2CCC3(CCN(Cc4cc(N5CCCC5)cc(CC(=O)N(C)c5cnn(C(=O)N6CCC7(CCN(Cc8cc(C(F)(F)F)cc(CC(O)N(C)c9cnn(C(=O)N%10CCC%11(CCN(Cc%12cc(C(F)(F)F)ccc%12Cl)C%11)C%10)c9)c8C(F)(F)F)C7)C6)c5)c4C(F)(F)F)C3)C2)c1. The number of rotatable bonds is 15. The first-order valence-electron chi connectivity index (χ1n) is 35.1. The number of halogens is 13. The van der Waals surface area contributed by atoms with E-state index in [-0.39, 0.29) is 96.1 Å². The van der Waals surface area contributed by atoms with E-state index in [4.69, 9.17) is 11.6 Å². The Bertz CT molecular complexity index is 4350. The first-order chi connectivity index (χ1) is 49.8. The van der Waals surface area contributed by atoms with Crippen LogP contribution in [0.1, 0.15) is 108 Å². The first kappa shape index (κ1) is 75.8. The van der Waals surface area contributed by atoms with E-state index in [1.165, 1.54) is 84.8 Å². The van der Waals surface area contributed by atoms with Crippen molar-refractivity contribution in [3.63, 3.8) is 0 Å². The summed E-state index contributed by atoms with van der Waals surface area (Å²) in [6.07, 6.45) is -10.6. The van der Waals surface area contributed by atoms with E-state index in [0.29, 0.717) is 126 Å². The van der Waals surface area contributed by atoms with Crippen LogP contribution in [0, 0.1) is 16.2 Å². The van der Waals surface area contributed by atoms with Crippen LogP contribution in [0.5, 0.6) is 0 Å². The fourth-order valence-corrected chi connectivity index (χ4v) is 17.0. The summed E-state index contributed by atoms with van der Waals surface area (Å²) in [4.78, 5) is 83.6. The molecule has 1 N–H and O–H groups in total. The molecule has 22 nitrogen and oxygen atoms in total. The summed E-state index contributed by atoms with van der Waals surface area (Å²) in [5.41, 5.74) is -6.28. The lowest BCUT2D eigenvalue weighted by molar-refractivity contribution is -0.142. The highest BCUT2D eigenvalue weighted by molar-refractivity contribution is 6.31. The molecule has 7 aliphatic heterocycles. The number of hydrogen-bond acceptors (Lipinski definition) is 14. The Hall–Kier alpha value is -8.47. The number of aliphatic hydroxyl groups excluding tert-OH is 1. The highest BCUT2D eigenvalue weighted by atomic mass is 35.5. The number of aromatic nitrogens is 6. The van der Waals surface area contributed by atoms with Crippen LogP contribution in [0.2, 0.25) is 5.02 Å². The molecule has 7 aliphatic rings. The van der Waals surface area contributed by atoms with Gasteiger partial charge in [-0.15, -0.1) is 0 Å². The van der Waals surface area contributed by atoms with Gasteiger partial charge in [0.1, 0.15) is 6.23 Å². The van der Waals surface area contributed by atoms with E-state index in [2.05, 4.69) is 15.3 Å². The standard InChI is InChI=1S/C71H81ClF12N16O6/c1-45(101)88(2)54-30-85-98(36-54)62(104)95-21-14-67(44-95)11-19-93(41-67)35-50-27-53(94-15-5-6-16-94)26-47(61(50)71(82,83)84)29-59(103)90(4)56-32-87-100(38-56)64(106)97-22-13-66(43-97)10-18-92(40-66)34-49-25-52(69(76,77)78)23-46(60(49)70(79,80)81)28-58(102)89(3)55-31-86-99(37-55)63(105)96-20-12-65(42-96)9-17-91(39-65)33-48-24-51(68(73,74)75)7-8-57(48)72/h7-8,23-27,30-32,36-38,58,102H,5-6,9-22,28-29,33-35,39-44H2,1-4H3. The normalized spacial score (nSPS) is 22.2. The van der Waals surface area contributed by atoms with Crippen molar-refractivity contribution in [2.24, 2.45) is 16.2 Å². The summed E-state index contributed by atoms with van der Waals surface area (Å²) < 4.78 is 181. The molecule has 106 heavy (non-hydrogen) atoms. The minimum absolute atomic E-state index is 0.00505. The molecule has 13 rings (SSSR count). The van der Waals surface area contributed by atoms with Gasteiger partial charge < -0.3 is 39.4 Å². The molecule has 10 heterocycles. The Balaban J connectivity index is 0.634. The van der Waals surface area contributed by atoms with Crippen molar-refractivity contribution in [2.75, 3.05) is 132 Å². The zero-order chi connectivity index (χ0) is 76.0. The maximum atomic E-state index is 15.6. The van der Waals surface area contributed by atoms with Crippen molar-refractivity contribution in [2.45, 2.75) is 122 Å². The van der Waals surface area contributed by atoms with Crippen LogP contribution in [-0.4, -0.2) is 213 Å². The summed E-state index contributed by atoms with van der Waals surface area (Å²) in [6, 6.07) is 5.37. The average molecular weight is 1520 g/mol. The van der Waals surface area contributed by atoms with Gasteiger partial charge in [0.15, 0.2) is 0 Å². The molecule has 4 unspecified atom stereocenters. The molecule has 0 aliphatic carbocycles. The van der Waals surface area contributed by atoms with Gasteiger partial charge in [0.2, 0.25) is 11.8 Å². The molecule has 5 amide bonds. The van der Waals surface area contributed by atoms with Gasteiger partial charge in [-0.1, -0.05) is 11.6 Å². The van der Waals surface area contributed by atoms with E-state index in [1.54, 1.807) is 27.8 Å². The van der Waals surface area contributed by atoms with Gasteiger partial charge in [0, 0.05) is 153 Å². The smallest absolute Gasteiger partial charge is 0.373 e. The molecule has 35 heteroatoms. The van der Waals surface area contributed by atoms with Crippen LogP contribution in [0.3, 0.4) is 0 Å². The topological polar surface area (TPSA) is 191 Å². The monoisotopic (exact) mass is 1520 g/mol. The number of aliphatic hydroxyl groups is 1. The maximum absolute atomic E-state index is 15.6. The van der Waals surface area contributed by atoms with E-state index in [9.17, 15) is 55.4 Å². The van der Waals surface area contributed by atoms with Crippen LogP contribution >= 0.6 is 11.6 Å². The molecule has 3 aromatic carbocycles. The fraction of sp³-hybridized carbons (Fsp3) is 0.549. The molecule has 7 saturated heterocycles. The van der Waals surface area contributed by atoms with Crippen molar-refractivity contribution in [3.05, 3.63) is 135 Å². The van der Waals surface area contributed by atoms with E-state index < -0.39 is 107 Å². The Morgan fingerprint density at radius 2 is 0.887 bits per heavy atom. The van der Waals surface area contributed by atoms with Gasteiger partial charge >= 0.3 is 42.8 Å². The second-order valence-corrected chi connectivity index (χ2v) is 30.4. The van der Waals surface area contributed by atoms with Gasteiger partial charge in [-0.3, -0.25) is 24.3 Å². The lowest BCUT2D eigenvalue weighted by Gasteiger charge is -2.28. The predicted molar refractivity (Wildman–Crippen MR) is 365 cm³/mol. The van der Waals surface area contributed by atoms with Crippen LogP contribution in [-0.2, 0) is 66.8 Å². The van der Waals surface area contributed by atoms with Gasteiger partial charge in [-0.05, 0) is 141 Å². The summed E-state index contributed by atoms with van der Waals surface area (Å²) in [7, 11) is 4.20. The summed E-state index contributed by atoms with van der Waals surface area (Å²) in [5, 5.41) is 24.3. The summed E-state index contributed by atoms with van der Waals surface area (Å²) in [6.45, 7) is 5.78. The molecule has 0 saturated carbocycles. The van der Waals surface area contributed by atoms with Gasteiger partial charge in [0.05, 0.1) is 82.9 Å². The number of likely N-dealkylation sites (N-methyl/N-ethyl adjacent to an activating group) is 2.